The first-order valence-electron chi connectivity index (χ1n) is 6.09. The Labute approximate surface area is 120 Å². The van der Waals surface area contributed by atoms with E-state index in [1.54, 1.807) is 34.9 Å². The van der Waals surface area contributed by atoms with E-state index in [4.69, 9.17) is 5.73 Å². The van der Waals surface area contributed by atoms with Gasteiger partial charge in [-0.05, 0) is 34.1 Å². The predicted molar refractivity (Wildman–Crippen MR) is 76.7 cm³/mol. The van der Waals surface area contributed by atoms with Crippen LogP contribution in [0.3, 0.4) is 0 Å². The third-order valence-corrected chi connectivity index (χ3v) is 3.95. The van der Waals surface area contributed by atoms with Gasteiger partial charge in [-0.3, -0.25) is 9.59 Å². The highest BCUT2D eigenvalue weighted by Gasteiger charge is 2.23. The average Bonchev–Trinajstić information content (AvgIpc) is 2.41. The van der Waals surface area contributed by atoms with Crippen molar-refractivity contribution in [2.24, 2.45) is 0 Å². The quantitative estimate of drug-likeness (QED) is 0.792. The van der Waals surface area contributed by atoms with Crippen molar-refractivity contribution in [2.75, 3.05) is 31.9 Å². The van der Waals surface area contributed by atoms with Crippen LogP contribution in [0, 0.1) is 0 Å². The fourth-order valence-electron chi connectivity index (χ4n) is 2.07. The molecule has 1 heterocycles. The topological polar surface area (TPSA) is 66.6 Å². The maximum atomic E-state index is 12.3. The molecule has 19 heavy (non-hydrogen) atoms. The van der Waals surface area contributed by atoms with E-state index in [9.17, 15) is 9.59 Å². The van der Waals surface area contributed by atoms with E-state index in [1.807, 2.05) is 0 Å². The summed E-state index contributed by atoms with van der Waals surface area (Å²) in [6.45, 7) is 3.88. The van der Waals surface area contributed by atoms with Gasteiger partial charge in [0.1, 0.15) is 0 Å². The molecule has 0 radical (unpaired) electrons. The van der Waals surface area contributed by atoms with E-state index in [0.29, 0.717) is 37.4 Å². The van der Waals surface area contributed by atoms with Crippen LogP contribution in [0.5, 0.6) is 0 Å². The number of rotatable bonds is 1. The molecule has 1 aliphatic heterocycles. The van der Waals surface area contributed by atoms with Crippen molar-refractivity contribution in [3.05, 3.63) is 28.2 Å². The number of benzene rings is 1. The summed E-state index contributed by atoms with van der Waals surface area (Å²) in [5.74, 6) is 0.0335. The molecule has 2 rings (SSSR count). The van der Waals surface area contributed by atoms with Crippen molar-refractivity contribution in [1.82, 2.24) is 9.80 Å². The second-order valence-corrected chi connectivity index (χ2v) is 5.39. The van der Waals surface area contributed by atoms with Gasteiger partial charge in [-0.25, -0.2) is 0 Å². The molecule has 0 unspecified atom stereocenters. The minimum atomic E-state index is -0.0242. The van der Waals surface area contributed by atoms with Gasteiger partial charge in [0, 0.05) is 48.8 Å². The highest BCUT2D eigenvalue weighted by atomic mass is 79.9. The maximum absolute atomic E-state index is 12.3. The average molecular weight is 326 g/mol. The predicted octanol–water partition coefficient (Wildman–Crippen LogP) is 1.34. The maximum Gasteiger partial charge on any atom is 0.254 e. The lowest BCUT2D eigenvalue weighted by atomic mass is 10.1. The lowest BCUT2D eigenvalue weighted by Crippen LogP contribution is -2.50. The Bertz CT molecular complexity index is 511. The van der Waals surface area contributed by atoms with Gasteiger partial charge in [-0.1, -0.05) is 0 Å². The Morgan fingerprint density at radius 3 is 2.26 bits per heavy atom. The van der Waals surface area contributed by atoms with Crippen molar-refractivity contribution in [3.63, 3.8) is 0 Å². The van der Waals surface area contributed by atoms with Gasteiger partial charge in [0.25, 0.3) is 5.91 Å². The molecule has 0 saturated carbocycles. The largest absolute Gasteiger partial charge is 0.398 e. The molecule has 5 nitrogen and oxygen atoms in total. The molecule has 2 N–H and O–H groups in total. The minimum absolute atomic E-state index is 0.0242. The fourth-order valence-corrected chi connectivity index (χ4v) is 2.45. The van der Waals surface area contributed by atoms with E-state index in [1.165, 1.54) is 0 Å². The summed E-state index contributed by atoms with van der Waals surface area (Å²) in [7, 11) is 0. The van der Waals surface area contributed by atoms with Gasteiger partial charge in [0.15, 0.2) is 0 Å². The first kappa shape index (κ1) is 13.9. The second kappa shape index (κ2) is 5.61. The highest BCUT2D eigenvalue weighted by Crippen LogP contribution is 2.21. The smallest absolute Gasteiger partial charge is 0.254 e. The molecule has 0 aliphatic carbocycles. The third kappa shape index (κ3) is 3.07. The lowest BCUT2D eigenvalue weighted by molar-refractivity contribution is -0.130. The molecule has 102 valence electrons. The lowest BCUT2D eigenvalue weighted by Gasteiger charge is -2.34. The number of carbonyl (C=O) groups excluding carboxylic acids is 2. The zero-order valence-electron chi connectivity index (χ0n) is 10.7. The molecule has 1 fully saturated rings. The van der Waals surface area contributed by atoms with Crippen LogP contribution in [0.4, 0.5) is 5.69 Å². The normalized spacial score (nSPS) is 15.5. The van der Waals surface area contributed by atoms with Crippen molar-refractivity contribution < 1.29 is 9.59 Å². The minimum Gasteiger partial charge on any atom is -0.398 e. The number of amides is 2. The number of halogens is 1. The van der Waals surface area contributed by atoms with E-state index >= 15 is 0 Å². The van der Waals surface area contributed by atoms with Crippen LogP contribution in [0.25, 0.3) is 0 Å². The Balaban J connectivity index is 2.05. The SMILES string of the molecule is CC(=O)N1CCN(C(=O)c2ccc(N)c(Br)c2)CC1. The Morgan fingerprint density at radius 1 is 1.16 bits per heavy atom. The van der Waals surface area contributed by atoms with Crippen molar-refractivity contribution in [3.8, 4) is 0 Å². The molecule has 2 amide bonds. The van der Waals surface area contributed by atoms with Gasteiger partial charge in [-0.15, -0.1) is 0 Å². The molecular formula is C13H16BrN3O2. The van der Waals surface area contributed by atoms with Crippen LogP contribution in [0.2, 0.25) is 0 Å². The first-order valence-corrected chi connectivity index (χ1v) is 6.88. The number of nitrogen functional groups attached to an aromatic ring is 1. The molecule has 1 saturated heterocycles. The molecule has 0 spiro atoms. The zero-order valence-corrected chi connectivity index (χ0v) is 12.3. The standard InChI is InChI=1S/C13H16BrN3O2/c1-9(18)16-4-6-17(7-5-16)13(19)10-2-3-12(15)11(14)8-10/h2-3,8H,4-7,15H2,1H3. The van der Waals surface area contributed by atoms with Crippen LogP contribution in [0.1, 0.15) is 17.3 Å². The number of nitrogens with zero attached hydrogens (tertiary/aromatic N) is 2. The summed E-state index contributed by atoms with van der Waals surface area (Å²) in [5.41, 5.74) is 6.92. The third-order valence-electron chi connectivity index (χ3n) is 3.26. The molecule has 0 aromatic heterocycles. The number of hydrogen-bond donors (Lipinski definition) is 1. The summed E-state index contributed by atoms with van der Waals surface area (Å²) < 4.78 is 0.723. The molecule has 1 aliphatic rings. The van der Waals surface area contributed by atoms with E-state index < -0.39 is 0 Å². The van der Waals surface area contributed by atoms with Gasteiger partial charge in [0.2, 0.25) is 5.91 Å². The number of anilines is 1. The van der Waals surface area contributed by atoms with Crippen LogP contribution >= 0.6 is 15.9 Å². The van der Waals surface area contributed by atoms with Crippen molar-refractivity contribution in [2.45, 2.75) is 6.92 Å². The molecule has 6 heteroatoms. The van der Waals surface area contributed by atoms with Crippen LogP contribution in [0.15, 0.2) is 22.7 Å². The molecule has 1 aromatic carbocycles. The molecule has 1 aromatic rings. The van der Waals surface area contributed by atoms with E-state index in [0.717, 1.165) is 4.47 Å². The van der Waals surface area contributed by atoms with Gasteiger partial charge >= 0.3 is 0 Å². The van der Waals surface area contributed by atoms with Crippen molar-refractivity contribution >= 4 is 33.4 Å². The van der Waals surface area contributed by atoms with Crippen LogP contribution < -0.4 is 5.73 Å². The first-order chi connectivity index (χ1) is 8.99. The zero-order chi connectivity index (χ0) is 14.0. The summed E-state index contributed by atoms with van der Waals surface area (Å²) in [6, 6.07) is 5.16. The monoisotopic (exact) mass is 325 g/mol. The molecular weight excluding hydrogens is 310 g/mol. The summed E-state index contributed by atoms with van der Waals surface area (Å²) >= 11 is 3.32. The number of hydrogen-bond acceptors (Lipinski definition) is 3. The summed E-state index contributed by atoms with van der Waals surface area (Å²) in [5, 5.41) is 0. The Kier molecular flexibility index (Phi) is 4.09. The summed E-state index contributed by atoms with van der Waals surface area (Å²) in [4.78, 5) is 27.0. The Morgan fingerprint density at radius 2 is 1.74 bits per heavy atom. The van der Waals surface area contributed by atoms with Gasteiger partial charge in [0.05, 0.1) is 0 Å². The van der Waals surface area contributed by atoms with Crippen LogP contribution in [-0.2, 0) is 4.79 Å². The summed E-state index contributed by atoms with van der Waals surface area (Å²) in [6.07, 6.45) is 0. The number of piperazine rings is 1. The number of carbonyl (C=O) groups is 2. The highest BCUT2D eigenvalue weighted by molar-refractivity contribution is 9.10. The Hall–Kier alpha value is -1.56. The second-order valence-electron chi connectivity index (χ2n) is 4.53. The number of nitrogens with two attached hydrogens (primary N) is 1. The van der Waals surface area contributed by atoms with E-state index in [-0.39, 0.29) is 11.8 Å². The fraction of sp³-hybridized carbons (Fsp3) is 0.385. The van der Waals surface area contributed by atoms with Crippen molar-refractivity contribution in [1.29, 1.82) is 0 Å². The molecule has 0 atom stereocenters. The van der Waals surface area contributed by atoms with Crippen LogP contribution in [-0.4, -0.2) is 47.8 Å². The van der Waals surface area contributed by atoms with E-state index in [2.05, 4.69) is 15.9 Å². The van der Waals surface area contributed by atoms with Gasteiger partial charge < -0.3 is 15.5 Å². The molecule has 0 bridgehead atoms. The van der Waals surface area contributed by atoms with Gasteiger partial charge in [-0.2, -0.15) is 0 Å².